The summed E-state index contributed by atoms with van der Waals surface area (Å²) in [6.07, 6.45) is 8.26. The molecule has 0 bridgehead atoms. The van der Waals surface area contributed by atoms with Gasteiger partial charge in [-0.15, -0.1) is 34.2 Å². The molecule has 0 aliphatic carbocycles. The van der Waals surface area contributed by atoms with E-state index in [9.17, 15) is 0 Å². The van der Waals surface area contributed by atoms with Gasteiger partial charge in [-0.05, 0) is 22.3 Å². The van der Waals surface area contributed by atoms with Crippen LogP contribution in [0.5, 0.6) is 0 Å². The highest BCUT2D eigenvalue weighted by molar-refractivity contribution is 14.0. The van der Waals surface area contributed by atoms with E-state index < -0.39 is 0 Å². The molecule has 0 aliphatic heterocycles. The lowest BCUT2D eigenvalue weighted by molar-refractivity contribution is 0.632. The van der Waals surface area contributed by atoms with Crippen molar-refractivity contribution in [1.82, 2.24) is 34.9 Å². The number of nitrogens with zero attached hydrogens (tertiary/aromatic N) is 6. The second-order valence-electron chi connectivity index (χ2n) is 7.74. The van der Waals surface area contributed by atoms with Gasteiger partial charge in [-0.1, -0.05) is 55.5 Å². The van der Waals surface area contributed by atoms with Crippen molar-refractivity contribution in [3.05, 3.63) is 90.5 Å². The fourth-order valence-electron chi connectivity index (χ4n) is 3.77. The predicted molar refractivity (Wildman–Crippen MR) is 146 cm³/mol. The van der Waals surface area contributed by atoms with Crippen LogP contribution in [0.4, 0.5) is 0 Å². The fourth-order valence-corrected chi connectivity index (χ4v) is 3.77. The molecule has 0 atom stereocenters. The molecule has 34 heavy (non-hydrogen) atoms. The summed E-state index contributed by atoms with van der Waals surface area (Å²) in [4.78, 5) is 8.47. The standard InChI is InChI=1S/C25H30N8.HI/c1-3-24-31-30-19-33(24)15-13-28-25(26-2)29-16-22-6-4-5-7-23(22)21-10-8-20(9-11-21)17-32-14-12-27-18-32;/h4-12,14,18-19H,3,13,15-17H2,1-2H3,(H2,26,28,29);1H. The molecule has 0 fully saturated rings. The summed E-state index contributed by atoms with van der Waals surface area (Å²) in [6.45, 7) is 5.11. The Labute approximate surface area is 217 Å². The molecule has 4 rings (SSSR count). The summed E-state index contributed by atoms with van der Waals surface area (Å²) in [6, 6.07) is 17.2. The zero-order chi connectivity index (χ0) is 22.9. The third kappa shape index (κ3) is 6.66. The molecule has 2 N–H and O–H groups in total. The molecular formula is C25H31IN8. The molecule has 2 heterocycles. The van der Waals surface area contributed by atoms with Crippen LogP contribution in [-0.2, 0) is 26.1 Å². The number of halogens is 1. The molecule has 178 valence electrons. The van der Waals surface area contributed by atoms with Gasteiger partial charge in [-0.3, -0.25) is 4.99 Å². The molecule has 2 aromatic carbocycles. The number of imidazole rings is 1. The van der Waals surface area contributed by atoms with Gasteiger partial charge in [0.25, 0.3) is 0 Å². The van der Waals surface area contributed by atoms with Crippen molar-refractivity contribution in [2.45, 2.75) is 33.0 Å². The minimum atomic E-state index is 0. The van der Waals surface area contributed by atoms with Gasteiger partial charge in [0.05, 0.1) is 6.33 Å². The minimum Gasteiger partial charge on any atom is -0.355 e. The zero-order valence-electron chi connectivity index (χ0n) is 19.6. The Morgan fingerprint density at radius 2 is 1.85 bits per heavy atom. The van der Waals surface area contributed by atoms with Gasteiger partial charge >= 0.3 is 0 Å². The van der Waals surface area contributed by atoms with Crippen LogP contribution in [0.25, 0.3) is 11.1 Å². The first-order chi connectivity index (χ1) is 16.3. The molecule has 0 aliphatic rings. The van der Waals surface area contributed by atoms with Gasteiger partial charge in [0, 0.05) is 52.0 Å². The Kier molecular flexibility index (Phi) is 9.62. The van der Waals surface area contributed by atoms with Crippen molar-refractivity contribution < 1.29 is 0 Å². The fraction of sp³-hybridized carbons (Fsp3) is 0.280. The number of aliphatic imine (C=N–C) groups is 1. The molecule has 8 nitrogen and oxygen atoms in total. The van der Waals surface area contributed by atoms with Gasteiger partial charge < -0.3 is 19.8 Å². The van der Waals surface area contributed by atoms with Crippen molar-refractivity contribution in [1.29, 1.82) is 0 Å². The van der Waals surface area contributed by atoms with E-state index in [-0.39, 0.29) is 24.0 Å². The Morgan fingerprint density at radius 1 is 1.03 bits per heavy atom. The van der Waals surface area contributed by atoms with E-state index in [0.29, 0.717) is 6.54 Å². The van der Waals surface area contributed by atoms with Crippen LogP contribution in [0.1, 0.15) is 23.9 Å². The number of guanidine groups is 1. The molecule has 9 heteroatoms. The van der Waals surface area contributed by atoms with E-state index in [1.165, 1.54) is 22.3 Å². The molecule has 0 saturated carbocycles. The zero-order valence-corrected chi connectivity index (χ0v) is 21.9. The molecule has 4 aromatic rings. The Morgan fingerprint density at radius 3 is 2.59 bits per heavy atom. The molecule has 0 spiro atoms. The molecule has 0 amide bonds. The minimum absolute atomic E-state index is 0. The first kappa shape index (κ1) is 25.4. The Bertz CT molecular complexity index is 1170. The number of aromatic nitrogens is 5. The highest BCUT2D eigenvalue weighted by Gasteiger charge is 2.07. The largest absolute Gasteiger partial charge is 0.355 e. The predicted octanol–water partition coefficient (Wildman–Crippen LogP) is 3.74. The first-order valence-corrected chi connectivity index (χ1v) is 11.2. The van der Waals surface area contributed by atoms with E-state index >= 15 is 0 Å². The summed E-state index contributed by atoms with van der Waals surface area (Å²) in [7, 11) is 1.79. The van der Waals surface area contributed by atoms with Crippen LogP contribution in [0.2, 0.25) is 0 Å². The van der Waals surface area contributed by atoms with E-state index in [0.717, 1.165) is 37.8 Å². The number of aryl methyl sites for hydroxylation is 1. The molecule has 2 aromatic heterocycles. The third-order valence-electron chi connectivity index (χ3n) is 5.53. The summed E-state index contributed by atoms with van der Waals surface area (Å²) < 4.78 is 4.13. The number of nitrogens with one attached hydrogen (secondary N) is 2. The quantitative estimate of drug-likeness (QED) is 0.182. The van der Waals surface area contributed by atoms with Crippen molar-refractivity contribution in [3.63, 3.8) is 0 Å². The highest BCUT2D eigenvalue weighted by Crippen LogP contribution is 2.24. The summed E-state index contributed by atoms with van der Waals surface area (Å²) in [5.74, 6) is 1.76. The number of hydrogen-bond donors (Lipinski definition) is 2. The van der Waals surface area contributed by atoms with E-state index in [1.54, 1.807) is 19.6 Å². The topological polar surface area (TPSA) is 85.0 Å². The van der Waals surface area contributed by atoms with Crippen molar-refractivity contribution >= 4 is 29.9 Å². The second kappa shape index (κ2) is 12.9. The lowest BCUT2D eigenvalue weighted by atomic mass is 9.98. The maximum absolute atomic E-state index is 4.36. The van der Waals surface area contributed by atoms with E-state index in [1.807, 2.05) is 12.5 Å². The van der Waals surface area contributed by atoms with Crippen LogP contribution in [0.15, 0.2) is 78.6 Å². The normalized spacial score (nSPS) is 11.2. The summed E-state index contributed by atoms with van der Waals surface area (Å²) in [5, 5.41) is 14.9. The van der Waals surface area contributed by atoms with Crippen molar-refractivity contribution in [3.8, 4) is 11.1 Å². The van der Waals surface area contributed by atoms with Gasteiger partial charge in [-0.25, -0.2) is 4.98 Å². The Balaban J connectivity index is 0.00000324. The summed E-state index contributed by atoms with van der Waals surface area (Å²) >= 11 is 0. The first-order valence-electron chi connectivity index (χ1n) is 11.2. The monoisotopic (exact) mass is 570 g/mol. The van der Waals surface area contributed by atoms with Crippen molar-refractivity contribution in [2.24, 2.45) is 4.99 Å². The Hall–Kier alpha value is -3.21. The maximum atomic E-state index is 4.36. The van der Waals surface area contributed by atoms with Crippen LogP contribution in [-0.4, -0.2) is 43.9 Å². The van der Waals surface area contributed by atoms with Crippen LogP contribution >= 0.6 is 24.0 Å². The molecule has 0 unspecified atom stereocenters. The number of benzene rings is 2. The highest BCUT2D eigenvalue weighted by atomic mass is 127. The third-order valence-corrected chi connectivity index (χ3v) is 5.53. The molecule has 0 radical (unpaired) electrons. The lowest BCUT2D eigenvalue weighted by Crippen LogP contribution is -2.38. The maximum Gasteiger partial charge on any atom is 0.191 e. The van der Waals surface area contributed by atoms with Crippen LogP contribution in [0, 0.1) is 0 Å². The molecule has 0 saturated heterocycles. The van der Waals surface area contributed by atoms with Gasteiger partial charge in [0.1, 0.15) is 12.2 Å². The van der Waals surface area contributed by atoms with Crippen molar-refractivity contribution in [2.75, 3.05) is 13.6 Å². The molecular weight excluding hydrogens is 539 g/mol. The average molecular weight is 570 g/mol. The van der Waals surface area contributed by atoms with Crippen LogP contribution in [0.3, 0.4) is 0 Å². The second-order valence-corrected chi connectivity index (χ2v) is 7.74. The van der Waals surface area contributed by atoms with E-state index in [4.69, 9.17) is 0 Å². The lowest BCUT2D eigenvalue weighted by Gasteiger charge is -2.15. The SMILES string of the molecule is CCc1nncn1CCNC(=NC)NCc1ccccc1-c1ccc(Cn2ccnc2)cc1.I. The summed E-state index contributed by atoms with van der Waals surface area (Å²) in [5.41, 5.74) is 4.88. The number of hydrogen-bond acceptors (Lipinski definition) is 4. The van der Waals surface area contributed by atoms with Gasteiger partial charge in [0.2, 0.25) is 0 Å². The van der Waals surface area contributed by atoms with Gasteiger partial charge in [-0.2, -0.15) is 0 Å². The average Bonchev–Trinajstić information content (AvgIpc) is 3.54. The van der Waals surface area contributed by atoms with Crippen LogP contribution < -0.4 is 10.6 Å². The van der Waals surface area contributed by atoms with Gasteiger partial charge in [0.15, 0.2) is 5.96 Å². The number of rotatable bonds is 9. The van der Waals surface area contributed by atoms with E-state index in [2.05, 4.69) is 95.4 Å². The smallest absolute Gasteiger partial charge is 0.191 e.